The van der Waals surface area contributed by atoms with Crippen molar-refractivity contribution >= 4 is 62.3 Å². The Hall–Kier alpha value is -2.78. The Bertz CT molecular complexity index is 1450. The molecule has 0 radical (unpaired) electrons. The fourth-order valence-corrected chi connectivity index (χ4v) is 5.59. The van der Waals surface area contributed by atoms with E-state index in [9.17, 15) is 18.0 Å². The molecule has 0 spiro atoms. The molecule has 1 unspecified atom stereocenters. The summed E-state index contributed by atoms with van der Waals surface area (Å²) in [7, 11) is -3.90. The summed E-state index contributed by atoms with van der Waals surface area (Å²) in [4.78, 5) is 28.9. The van der Waals surface area contributed by atoms with Gasteiger partial charge in [0.15, 0.2) is 0 Å². The first-order valence-electron chi connectivity index (χ1n) is 12.7. The Morgan fingerprint density at radius 1 is 0.950 bits per heavy atom. The standard InChI is InChI=1S/C29H32Cl3N3O4S/c1-4-14-33-29(37)27(15-21-8-6-5-7-9-21)34(18-22-11-12-23(30)16-26(22)32)28(36)19-35(40(3,38)39)24-13-10-20(2)25(31)17-24/h5-13,16-17,27H,4,14-15,18-19H2,1-3H3,(H,33,37). The summed E-state index contributed by atoms with van der Waals surface area (Å²) in [5.41, 5.74) is 2.40. The number of carbonyl (C=O) groups excluding carboxylic acids is 2. The number of hydrogen-bond acceptors (Lipinski definition) is 4. The van der Waals surface area contributed by atoms with Gasteiger partial charge in [-0.05, 0) is 54.3 Å². The number of amides is 2. The lowest BCUT2D eigenvalue weighted by Gasteiger charge is -2.33. The summed E-state index contributed by atoms with van der Waals surface area (Å²) in [5, 5.41) is 4.00. The molecule has 0 saturated carbocycles. The lowest BCUT2D eigenvalue weighted by molar-refractivity contribution is -0.140. The largest absolute Gasteiger partial charge is 0.354 e. The van der Waals surface area contributed by atoms with Gasteiger partial charge in [0.25, 0.3) is 0 Å². The van der Waals surface area contributed by atoms with Crippen molar-refractivity contribution in [1.82, 2.24) is 10.2 Å². The van der Waals surface area contributed by atoms with Gasteiger partial charge in [-0.2, -0.15) is 0 Å². The summed E-state index contributed by atoms with van der Waals surface area (Å²) in [6.45, 7) is 3.56. The average Bonchev–Trinajstić information content (AvgIpc) is 2.90. The number of rotatable bonds is 12. The Morgan fingerprint density at radius 2 is 1.65 bits per heavy atom. The Balaban J connectivity index is 2.08. The topological polar surface area (TPSA) is 86.8 Å². The second-order valence-electron chi connectivity index (χ2n) is 9.46. The third kappa shape index (κ3) is 8.61. The number of nitrogens with zero attached hydrogens (tertiary/aromatic N) is 2. The number of anilines is 1. The first kappa shape index (κ1) is 31.7. The molecule has 0 fully saturated rings. The third-order valence-electron chi connectivity index (χ3n) is 6.30. The van der Waals surface area contributed by atoms with Gasteiger partial charge >= 0.3 is 0 Å². The van der Waals surface area contributed by atoms with Crippen LogP contribution in [0.5, 0.6) is 0 Å². The minimum absolute atomic E-state index is 0.0435. The maximum Gasteiger partial charge on any atom is 0.244 e. The van der Waals surface area contributed by atoms with Crippen molar-refractivity contribution in [1.29, 1.82) is 0 Å². The molecule has 3 aromatic rings. The quantitative estimate of drug-likeness (QED) is 0.272. The van der Waals surface area contributed by atoms with Crippen molar-refractivity contribution in [3.05, 3.63) is 98.5 Å². The van der Waals surface area contributed by atoms with E-state index < -0.39 is 28.5 Å². The van der Waals surface area contributed by atoms with Crippen LogP contribution in [0.3, 0.4) is 0 Å². The molecule has 1 N–H and O–H groups in total. The summed E-state index contributed by atoms with van der Waals surface area (Å²) < 4.78 is 26.7. The van der Waals surface area contributed by atoms with Crippen molar-refractivity contribution in [3.8, 4) is 0 Å². The molecule has 0 aliphatic carbocycles. The van der Waals surface area contributed by atoms with Crippen LogP contribution in [0.1, 0.15) is 30.0 Å². The second kappa shape index (κ2) is 14.2. The Morgan fingerprint density at radius 3 is 2.25 bits per heavy atom. The normalized spacial score (nSPS) is 12.1. The molecule has 7 nitrogen and oxygen atoms in total. The molecule has 0 bridgehead atoms. The van der Waals surface area contributed by atoms with Gasteiger partial charge in [0.1, 0.15) is 12.6 Å². The van der Waals surface area contributed by atoms with Crippen molar-refractivity contribution < 1.29 is 18.0 Å². The smallest absolute Gasteiger partial charge is 0.244 e. The van der Waals surface area contributed by atoms with Gasteiger partial charge in [-0.1, -0.05) is 84.2 Å². The van der Waals surface area contributed by atoms with Crippen molar-refractivity contribution in [2.24, 2.45) is 0 Å². The highest BCUT2D eigenvalue weighted by atomic mass is 35.5. The molecule has 0 aliphatic heterocycles. The van der Waals surface area contributed by atoms with Crippen molar-refractivity contribution in [3.63, 3.8) is 0 Å². The zero-order valence-electron chi connectivity index (χ0n) is 22.5. The summed E-state index contributed by atoms with van der Waals surface area (Å²) in [6.07, 6.45) is 1.93. The monoisotopic (exact) mass is 623 g/mol. The first-order chi connectivity index (χ1) is 18.9. The van der Waals surface area contributed by atoms with Crippen LogP contribution in [0.2, 0.25) is 15.1 Å². The summed E-state index contributed by atoms with van der Waals surface area (Å²) in [5.74, 6) is -0.936. The fourth-order valence-electron chi connectivity index (χ4n) is 4.10. The van der Waals surface area contributed by atoms with Crippen LogP contribution in [0.25, 0.3) is 0 Å². The average molecular weight is 625 g/mol. The maximum atomic E-state index is 14.1. The molecule has 11 heteroatoms. The van der Waals surface area contributed by atoms with E-state index in [2.05, 4.69) is 5.32 Å². The molecular weight excluding hydrogens is 593 g/mol. The van der Waals surface area contributed by atoms with Crippen LogP contribution in [-0.2, 0) is 32.6 Å². The number of aryl methyl sites for hydroxylation is 1. The van der Waals surface area contributed by atoms with Gasteiger partial charge in [0.05, 0.1) is 11.9 Å². The zero-order valence-corrected chi connectivity index (χ0v) is 25.6. The van der Waals surface area contributed by atoms with E-state index in [1.807, 2.05) is 37.3 Å². The third-order valence-corrected chi connectivity index (χ3v) is 8.43. The molecule has 0 aromatic heterocycles. The minimum atomic E-state index is -3.90. The van der Waals surface area contributed by atoms with Crippen LogP contribution in [-0.4, -0.2) is 50.5 Å². The number of halogens is 3. The van der Waals surface area contributed by atoms with E-state index in [1.54, 1.807) is 37.3 Å². The van der Waals surface area contributed by atoms with Crippen molar-refractivity contribution in [2.45, 2.75) is 39.3 Å². The van der Waals surface area contributed by atoms with Gasteiger partial charge in [0.2, 0.25) is 21.8 Å². The molecule has 0 heterocycles. The second-order valence-corrected chi connectivity index (χ2v) is 12.6. The molecule has 0 aliphatic rings. The van der Waals surface area contributed by atoms with Crippen LogP contribution < -0.4 is 9.62 Å². The van der Waals surface area contributed by atoms with Gasteiger partial charge < -0.3 is 10.2 Å². The molecule has 40 heavy (non-hydrogen) atoms. The van der Waals surface area contributed by atoms with Gasteiger partial charge in [-0.3, -0.25) is 13.9 Å². The van der Waals surface area contributed by atoms with Crippen LogP contribution in [0.15, 0.2) is 66.7 Å². The Kier molecular flexibility index (Phi) is 11.3. The maximum absolute atomic E-state index is 14.1. The molecular formula is C29H32Cl3N3O4S. The van der Waals surface area contributed by atoms with E-state index in [1.165, 1.54) is 11.0 Å². The Labute approximate surface area is 251 Å². The van der Waals surface area contributed by atoms with Crippen LogP contribution in [0.4, 0.5) is 5.69 Å². The predicted octanol–water partition coefficient (Wildman–Crippen LogP) is 5.89. The molecule has 3 aromatic carbocycles. The highest BCUT2D eigenvalue weighted by molar-refractivity contribution is 7.92. The summed E-state index contributed by atoms with van der Waals surface area (Å²) in [6, 6.07) is 18.0. The fraction of sp³-hybridized carbons (Fsp3) is 0.310. The number of sulfonamides is 1. The molecule has 3 rings (SSSR count). The predicted molar refractivity (Wildman–Crippen MR) is 163 cm³/mol. The van der Waals surface area contributed by atoms with Crippen LogP contribution >= 0.6 is 34.8 Å². The first-order valence-corrected chi connectivity index (χ1v) is 15.7. The highest BCUT2D eigenvalue weighted by Gasteiger charge is 2.33. The number of hydrogen-bond donors (Lipinski definition) is 1. The lowest BCUT2D eigenvalue weighted by atomic mass is 10.0. The number of nitrogens with one attached hydrogen (secondary N) is 1. The minimum Gasteiger partial charge on any atom is -0.354 e. The van der Waals surface area contributed by atoms with E-state index >= 15 is 0 Å². The van der Waals surface area contributed by atoms with E-state index in [0.29, 0.717) is 33.6 Å². The van der Waals surface area contributed by atoms with Gasteiger partial charge in [-0.15, -0.1) is 0 Å². The van der Waals surface area contributed by atoms with Crippen LogP contribution in [0, 0.1) is 6.92 Å². The highest BCUT2D eigenvalue weighted by Crippen LogP contribution is 2.27. The van der Waals surface area contributed by atoms with E-state index in [-0.39, 0.29) is 24.6 Å². The van der Waals surface area contributed by atoms with Gasteiger partial charge in [0, 0.05) is 34.6 Å². The lowest BCUT2D eigenvalue weighted by Crippen LogP contribution is -2.53. The number of benzene rings is 3. The summed E-state index contributed by atoms with van der Waals surface area (Å²) >= 11 is 18.8. The molecule has 1 atom stereocenters. The number of carbonyl (C=O) groups is 2. The van der Waals surface area contributed by atoms with E-state index in [0.717, 1.165) is 21.7 Å². The molecule has 2 amide bonds. The zero-order chi connectivity index (χ0) is 29.4. The molecule has 214 valence electrons. The van der Waals surface area contributed by atoms with Gasteiger partial charge in [-0.25, -0.2) is 8.42 Å². The molecule has 0 saturated heterocycles. The van der Waals surface area contributed by atoms with Crippen molar-refractivity contribution in [2.75, 3.05) is 23.7 Å². The SMILES string of the molecule is CCCNC(=O)C(Cc1ccccc1)N(Cc1ccc(Cl)cc1Cl)C(=O)CN(c1ccc(C)c(Cl)c1)S(C)(=O)=O. The van der Waals surface area contributed by atoms with E-state index in [4.69, 9.17) is 34.8 Å².